The highest BCUT2D eigenvalue weighted by Gasteiger charge is 2.30. The van der Waals surface area contributed by atoms with E-state index in [0.29, 0.717) is 11.5 Å². The van der Waals surface area contributed by atoms with E-state index in [-0.39, 0.29) is 6.04 Å². The fourth-order valence-corrected chi connectivity index (χ4v) is 2.79. The fourth-order valence-electron chi connectivity index (χ4n) is 2.79. The van der Waals surface area contributed by atoms with Gasteiger partial charge in [-0.2, -0.15) is 0 Å². The van der Waals surface area contributed by atoms with E-state index in [9.17, 15) is 9.90 Å². The van der Waals surface area contributed by atoms with E-state index in [1.807, 2.05) is 0 Å². The summed E-state index contributed by atoms with van der Waals surface area (Å²) in [6.45, 7) is 7.81. The predicted molar refractivity (Wildman–Crippen MR) is 76.3 cm³/mol. The molecule has 1 unspecified atom stereocenters. The number of nitrogens with one attached hydrogen (secondary N) is 1. The van der Waals surface area contributed by atoms with E-state index in [1.165, 1.54) is 19.3 Å². The molecule has 19 heavy (non-hydrogen) atoms. The molecular formula is C15H28N2O2. The molecule has 2 fully saturated rings. The van der Waals surface area contributed by atoms with Gasteiger partial charge in [-0.25, -0.2) is 0 Å². The number of nitrogens with zero attached hydrogens (tertiary/aromatic N) is 1. The summed E-state index contributed by atoms with van der Waals surface area (Å²) in [4.78, 5) is 13.6. The second-order valence-electron chi connectivity index (χ2n) is 6.63. The Kier molecular flexibility index (Phi) is 4.85. The fraction of sp³-hybridized carbons (Fsp3) is 0.933. The van der Waals surface area contributed by atoms with Gasteiger partial charge in [-0.15, -0.1) is 0 Å². The van der Waals surface area contributed by atoms with E-state index < -0.39 is 5.97 Å². The summed E-state index contributed by atoms with van der Waals surface area (Å²) in [5.41, 5.74) is 0.509. The van der Waals surface area contributed by atoms with Gasteiger partial charge in [0.1, 0.15) is 6.04 Å². The summed E-state index contributed by atoms with van der Waals surface area (Å²) in [5.74, 6) is -0.692. The molecule has 0 aromatic carbocycles. The van der Waals surface area contributed by atoms with Gasteiger partial charge >= 0.3 is 5.97 Å². The molecule has 1 aliphatic carbocycles. The lowest BCUT2D eigenvalue weighted by atomic mass is 9.78. The van der Waals surface area contributed by atoms with Crippen molar-refractivity contribution < 1.29 is 9.90 Å². The van der Waals surface area contributed by atoms with Crippen molar-refractivity contribution in [2.45, 2.75) is 64.5 Å². The zero-order chi connectivity index (χ0) is 13.9. The molecule has 0 aromatic rings. The predicted octanol–water partition coefficient (Wildman–Crippen LogP) is 2.09. The highest BCUT2D eigenvalue weighted by atomic mass is 16.4. The number of hydrogen-bond acceptors (Lipinski definition) is 3. The Hall–Kier alpha value is -0.610. The molecule has 1 heterocycles. The molecule has 0 amide bonds. The second kappa shape index (κ2) is 6.23. The van der Waals surface area contributed by atoms with Crippen molar-refractivity contribution in [3.63, 3.8) is 0 Å². The first-order chi connectivity index (χ1) is 9.02. The van der Waals surface area contributed by atoms with Crippen LogP contribution in [-0.4, -0.2) is 47.7 Å². The normalized spacial score (nSPS) is 25.2. The van der Waals surface area contributed by atoms with Crippen molar-refractivity contribution in [3.05, 3.63) is 0 Å². The van der Waals surface area contributed by atoms with Gasteiger partial charge in [0.05, 0.1) is 0 Å². The molecule has 110 valence electrons. The Labute approximate surface area is 116 Å². The summed E-state index contributed by atoms with van der Waals surface area (Å²) in [6, 6.07) is 0.109. The van der Waals surface area contributed by atoms with Gasteiger partial charge in [0.25, 0.3) is 0 Å². The van der Waals surface area contributed by atoms with Crippen molar-refractivity contribution in [1.82, 2.24) is 10.2 Å². The molecule has 2 aliphatic rings. The zero-order valence-corrected chi connectivity index (χ0v) is 12.3. The standard InChI is InChI=1S/C15H28N2O2/c1-3-15(2)7-10-17(11-8-15)9-6-13(14(18)19)16-12-4-5-12/h12-13,16H,3-11H2,1-2H3,(H,18,19). The van der Waals surface area contributed by atoms with E-state index >= 15 is 0 Å². The minimum Gasteiger partial charge on any atom is -0.480 e. The van der Waals surface area contributed by atoms with Crippen molar-refractivity contribution in [2.75, 3.05) is 19.6 Å². The molecule has 0 aromatic heterocycles. The summed E-state index contributed by atoms with van der Waals surface area (Å²) in [7, 11) is 0. The highest BCUT2D eigenvalue weighted by Crippen LogP contribution is 2.33. The average molecular weight is 268 g/mol. The second-order valence-corrected chi connectivity index (χ2v) is 6.63. The molecular weight excluding hydrogens is 240 g/mol. The van der Waals surface area contributed by atoms with Crippen molar-refractivity contribution in [3.8, 4) is 0 Å². The van der Waals surface area contributed by atoms with Gasteiger partial charge in [0.2, 0.25) is 0 Å². The van der Waals surface area contributed by atoms with Crippen LogP contribution in [0.25, 0.3) is 0 Å². The molecule has 4 nitrogen and oxygen atoms in total. The first-order valence-corrected chi connectivity index (χ1v) is 7.73. The molecule has 0 radical (unpaired) electrons. The van der Waals surface area contributed by atoms with Gasteiger partial charge in [-0.3, -0.25) is 4.79 Å². The third kappa shape index (κ3) is 4.46. The van der Waals surface area contributed by atoms with Crippen LogP contribution in [0.15, 0.2) is 0 Å². The third-order valence-electron chi connectivity index (χ3n) is 4.96. The Balaban J connectivity index is 1.71. The number of aliphatic carboxylic acids is 1. The van der Waals surface area contributed by atoms with Crippen LogP contribution < -0.4 is 5.32 Å². The monoisotopic (exact) mass is 268 g/mol. The van der Waals surface area contributed by atoms with E-state index in [2.05, 4.69) is 24.1 Å². The number of carboxylic acids is 1. The van der Waals surface area contributed by atoms with Crippen LogP contribution in [0.3, 0.4) is 0 Å². The molecule has 4 heteroatoms. The molecule has 1 saturated heterocycles. The molecule has 2 rings (SSSR count). The summed E-state index contributed by atoms with van der Waals surface area (Å²) < 4.78 is 0. The average Bonchev–Trinajstić information content (AvgIpc) is 3.20. The molecule has 2 N–H and O–H groups in total. The number of likely N-dealkylation sites (tertiary alicyclic amines) is 1. The smallest absolute Gasteiger partial charge is 0.320 e. The number of piperidine rings is 1. The topological polar surface area (TPSA) is 52.6 Å². The van der Waals surface area contributed by atoms with Gasteiger partial charge in [-0.1, -0.05) is 20.3 Å². The minimum absolute atomic E-state index is 0.355. The van der Waals surface area contributed by atoms with Crippen LogP contribution in [0.1, 0.15) is 52.4 Å². The van der Waals surface area contributed by atoms with E-state index in [1.54, 1.807) is 0 Å². The Morgan fingerprint density at radius 3 is 2.53 bits per heavy atom. The van der Waals surface area contributed by atoms with Crippen LogP contribution >= 0.6 is 0 Å². The lowest BCUT2D eigenvalue weighted by Gasteiger charge is -2.39. The maximum atomic E-state index is 11.2. The van der Waals surface area contributed by atoms with E-state index in [0.717, 1.165) is 38.9 Å². The molecule has 1 saturated carbocycles. The van der Waals surface area contributed by atoms with E-state index in [4.69, 9.17) is 0 Å². The number of rotatable bonds is 7. The number of carboxylic acid groups (broad SMARTS) is 1. The number of hydrogen-bond donors (Lipinski definition) is 2. The Morgan fingerprint density at radius 1 is 1.42 bits per heavy atom. The quantitative estimate of drug-likeness (QED) is 0.742. The van der Waals surface area contributed by atoms with Gasteiger partial charge in [0, 0.05) is 12.6 Å². The first kappa shape index (κ1) is 14.8. The van der Waals surface area contributed by atoms with Crippen molar-refractivity contribution in [2.24, 2.45) is 5.41 Å². The van der Waals surface area contributed by atoms with Gasteiger partial charge in [-0.05, 0) is 50.6 Å². The maximum absolute atomic E-state index is 11.2. The van der Waals surface area contributed by atoms with Crippen LogP contribution in [-0.2, 0) is 4.79 Å². The van der Waals surface area contributed by atoms with Gasteiger partial charge < -0.3 is 15.3 Å². The maximum Gasteiger partial charge on any atom is 0.320 e. The van der Waals surface area contributed by atoms with Crippen LogP contribution in [0.4, 0.5) is 0 Å². The molecule has 1 aliphatic heterocycles. The van der Waals surface area contributed by atoms with Crippen LogP contribution in [0, 0.1) is 5.41 Å². The highest BCUT2D eigenvalue weighted by molar-refractivity contribution is 5.73. The minimum atomic E-state index is -0.692. The van der Waals surface area contributed by atoms with Crippen LogP contribution in [0.2, 0.25) is 0 Å². The molecule has 0 bridgehead atoms. The SMILES string of the molecule is CCC1(C)CCN(CCC(NC2CC2)C(=O)O)CC1. The van der Waals surface area contributed by atoms with Crippen molar-refractivity contribution >= 4 is 5.97 Å². The lowest BCUT2D eigenvalue weighted by molar-refractivity contribution is -0.139. The zero-order valence-electron chi connectivity index (χ0n) is 12.3. The summed E-state index contributed by atoms with van der Waals surface area (Å²) in [6.07, 6.45) is 6.76. The summed E-state index contributed by atoms with van der Waals surface area (Å²) in [5, 5.41) is 12.5. The summed E-state index contributed by atoms with van der Waals surface area (Å²) >= 11 is 0. The first-order valence-electron chi connectivity index (χ1n) is 7.73. The largest absolute Gasteiger partial charge is 0.480 e. The van der Waals surface area contributed by atoms with Gasteiger partial charge in [0.15, 0.2) is 0 Å². The number of carbonyl (C=O) groups is 1. The van der Waals surface area contributed by atoms with Crippen LogP contribution in [0.5, 0.6) is 0 Å². The molecule has 1 atom stereocenters. The molecule has 0 spiro atoms. The van der Waals surface area contributed by atoms with Crippen molar-refractivity contribution in [1.29, 1.82) is 0 Å². The Morgan fingerprint density at radius 2 is 2.05 bits per heavy atom. The third-order valence-corrected chi connectivity index (χ3v) is 4.96. The lowest BCUT2D eigenvalue weighted by Crippen LogP contribution is -2.44. The Bertz CT molecular complexity index is 307.